The van der Waals surface area contributed by atoms with Crippen molar-refractivity contribution in [2.24, 2.45) is 5.92 Å². The number of anilines is 2. The molecule has 1 aromatic heterocycles. The number of hydrogen-bond donors (Lipinski definition) is 3. The van der Waals surface area contributed by atoms with Crippen molar-refractivity contribution in [3.63, 3.8) is 0 Å². The third-order valence-corrected chi connectivity index (χ3v) is 5.51. The van der Waals surface area contributed by atoms with Crippen LogP contribution in [0.5, 0.6) is 5.75 Å². The van der Waals surface area contributed by atoms with Crippen molar-refractivity contribution in [3.8, 4) is 17.0 Å². The van der Waals surface area contributed by atoms with E-state index >= 15 is 0 Å². The molecule has 0 fully saturated rings. The summed E-state index contributed by atoms with van der Waals surface area (Å²) in [5, 5.41) is 13.7. The fraction of sp³-hybridized carbons (Fsp3) is 0.273. The topological polar surface area (TPSA) is 93.3 Å². The fourth-order valence-corrected chi connectivity index (χ4v) is 3.62. The van der Waals surface area contributed by atoms with Crippen LogP contribution >= 0.6 is 22.6 Å². The minimum absolute atomic E-state index is 0.177. The summed E-state index contributed by atoms with van der Waals surface area (Å²) in [7, 11) is 1.58. The van der Waals surface area contributed by atoms with Crippen LogP contribution in [-0.4, -0.2) is 22.2 Å². The van der Waals surface area contributed by atoms with Crippen LogP contribution in [0.3, 0.4) is 0 Å². The second kappa shape index (κ2) is 9.41. The smallest absolute Gasteiger partial charge is 0.171 e. The van der Waals surface area contributed by atoms with Gasteiger partial charge in [-0.05, 0) is 64.8 Å². The van der Waals surface area contributed by atoms with Crippen molar-refractivity contribution < 1.29 is 9.84 Å². The van der Waals surface area contributed by atoms with Crippen LogP contribution in [0.2, 0.25) is 0 Å². The number of nitrogens with zero attached hydrogens (tertiary/aromatic N) is 2. The number of ether oxygens (including phenoxy) is 1. The largest absolute Gasteiger partial charge is 0.495 e. The molecule has 152 valence electrons. The summed E-state index contributed by atoms with van der Waals surface area (Å²) >= 11 is 2.35. The van der Waals surface area contributed by atoms with E-state index in [1.807, 2.05) is 30.3 Å². The SMILES string of the molecule is COc1ccccc1N[C@H](O)c1nc(-c2ccc(I)c(CC(C)C)c2)cnc1N. The van der Waals surface area contributed by atoms with Crippen LogP contribution in [0, 0.1) is 9.49 Å². The number of aromatic nitrogens is 2. The van der Waals surface area contributed by atoms with Crippen LogP contribution in [-0.2, 0) is 6.42 Å². The van der Waals surface area contributed by atoms with Crippen molar-refractivity contribution in [3.05, 3.63) is 63.5 Å². The first kappa shape index (κ1) is 21.3. The normalized spacial score (nSPS) is 12.1. The molecule has 0 aliphatic rings. The maximum Gasteiger partial charge on any atom is 0.171 e. The van der Waals surface area contributed by atoms with E-state index in [1.165, 1.54) is 9.13 Å². The molecule has 6 nitrogen and oxygen atoms in total. The second-order valence-electron chi connectivity index (χ2n) is 7.18. The van der Waals surface area contributed by atoms with E-state index in [0.29, 0.717) is 23.0 Å². The van der Waals surface area contributed by atoms with E-state index in [9.17, 15) is 5.11 Å². The monoisotopic (exact) mass is 504 g/mol. The van der Waals surface area contributed by atoms with Crippen LogP contribution in [0.1, 0.15) is 31.3 Å². The highest BCUT2D eigenvalue weighted by Crippen LogP contribution is 2.29. The Morgan fingerprint density at radius 3 is 2.69 bits per heavy atom. The van der Waals surface area contributed by atoms with Gasteiger partial charge in [-0.3, -0.25) is 0 Å². The zero-order valence-electron chi connectivity index (χ0n) is 16.7. The maximum atomic E-state index is 10.7. The van der Waals surface area contributed by atoms with Crippen molar-refractivity contribution in [2.45, 2.75) is 26.5 Å². The van der Waals surface area contributed by atoms with Gasteiger partial charge in [0.05, 0.1) is 24.7 Å². The van der Waals surface area contributed by atoms with Gasteiger partial charge in [0.15, 0.2) is 6.23 Å². The van der Waals surface area contributed by atoms with Gasteiger partial charge >= 0.3 is 0 Å². The Hall–Kier alpha value is -2.39. The summed E-state index contributed by atoms with van der Waals surface area (Å²) in [5.74, 6) is 1.35. The average Bonchev–Trinajstić information content (AvgIpc) is 2.70. The quantitative estimate of drug-likeness (QED) is 0.321. The Morgan fingerprint density at radius 1 is 1.21 bits per heavy atom. The third kappa shape index (κ3) is 5.16. The summed E-state index contributed by atoms with van der Waals surface area (Å²) < 4.78 is 6.54. The molecule has 0 saturated heterocycles. The standard InChI is InChI=1S/C22H25IN4O2/c1-13(2)10-15-11-14(8-9-16(15)23)18-12-25-21(24)20(26-18)22(28)27-17-6-4-5-7-19(17)29-3/h4-9,11-13,22,27-28H,10H2,1-3H3,(H2,24,25)/t22-/m1/s1. The Kier molecular flexibility index (Phi) is 6.92. The van der Waals surface area contributed by atoms with Gasteiger partial charge in [0.1, 0.15) is 17.3 Å². The molecule has 0 saturated carbocycles. The first-order chi connectivity index (χ1) is 13.9. The Balaban J connectivity index is 1.92. The number of nitrogens with one attached hydrogen (secondary N) is 1. The summed E-state index contributed by atoms with van der Waals surface area (Å²) in [6, 6.07) is 13.5. The lowest BCUT2D eigenvalue weighted by atomic mass is 10.00. The molecule has 0 amide bonds. The maximum absolute atomic E-state index is 10.7. The second-order valence-corrected chi connectivity index (χ2v) is 8.34. The van der Waals surface area contributed by atoms with E-state index < -0.39 is 6.23 Å². The van der Waals surface area contributed by atoms with Crippen molar-refractivity contribution in [1.29, 1.82) is 0 Å². The van der Waals surface area contributed by atoms with Crippen LogP contribution in [0.4, 0.5) is 11.5 Å². The van der Waals surface area contributed by atoms with Gasteiger partial charge in [-0.1, -0.05) is 32.0 Å². The molecule has 1 atom stereocenters. The van der Waals surface area contributed by atoms with Crippen LogP contribution in [0.15, 0.2) is 48.7 Å². The molecule has 0 aliphatic carbocycles. The Labute approximate surface area is 184 Å². The molecule has 4 N–H and O–H groups in total. The molecule has 2 aromatic carbocycles. The number of benzene rings is 2. The number of aliphatic hydroxyl groups excluding tert-OH is 1. The molecule has 1 heterocycles. The van der Waals surface area contributed by atoms with E-state index in [2.05, 4.69) is 63.9 Å². The molecule has 3 aromatic rings. The fourth-order valence-electron chi connectivity index (χ4n) is 3.06. The lowest BCUT2D eigenvalue weighted by molar-refractivity contribution is 0.203. The highest BCUT2D eigenvalue weighted by molar-refractivity contribution is 14.1. The van der Waals surface area contributed by atoms with Gasteiger partial charge in [0.25, 0.3) is 0 Å². The highest BCUT2D eigenvalue weighted by atomic mass is 127. The lowest BCUT2D eigenvalue weighted by Gasteiger charge is -2.18. The molecule has 0 radical (unpaired) electrons. The van der Waals surface area contributed by atoms with Gasteiger partial charge in [-0.25, -0.2) is 9.97 Å². The van der Waals surface area contributed by atoms with Gasteiger partial charge in [0.2, 0.25) is 0 Å². The third-order valence-electron chi connectivity index (χ3n) is 4.46. The summed E-state index contributed by atoms with van der Waals surface area (Å²) in [6.07, 6.45) is 1.49. The molecular formula is C22H25IN4O2. The van der Waals surface area contributed by atoms with Crippen molar-refractivity contribution in [2.75, 3.05) is 18.2 Å². The minimum Gasteiger partial charge on any atom is -0.495 e. The van der Waals surface area contributed by atoms with Gasteiger partial charge < -0.3 is 20.9 Å². The number of halogens is 1. The molecule has 29 heavy (non-hydrogen) atoms. The number of nitrogen functional groups attached to an aromatic ring is 1. The number of hydrogen-bond acceptors (Lipinski definition) is 6. The average molecular weight is 504 g/mol. The zero-order valence-corrected chi connectivity index (χ0v) is 18.8. The van der Waals surface area contributed by atoms with Gasteiger partial charge in [-0.2, -0.15) is 0 Å². The van der Waals surface area contributed by atoms with Gasteiger partial charge in [0, 0.05) is 9.13 Å². The zero-order chi connectivity index (χ0) is 21.0. The summed E-state index contributed by atoms with van der Waals surface area (Å²) in [4.78, 5) is 8.86. The van der Waals surface area contributed by atoms with E-state index in [-0.39, 0.29) is 11.5 Å². The predicted molar refractivity (Wildman–Crippen MR) is 125 cm³/mol. The number of aliphatic hydroxyl groups is 1. The Bertz CT molecular complexity index is 994. The van der Waals surface area contributed by atoms with Crippen LogP contribution < -0.4 is 15.8 Å². The number of methoxy groups -OCH3 is 1. The molecule has 0 aliphatic heterocycles. The van der Waals surface area contributed by atoms with Crippen LogP contribution in [0.25, 0.3) is 11.3 Å². The number of para-hydroxylation sites is 2. The van der Waals surface area contributed by atoms with Crippen molar-refractivity contribution >= 4 is 34.1 Å². The molecule has 0 bridgehead atoms. The van der Waals surface area contributed by atoms with E-state index in [0.717, 1.165) is 12.0 Å². The predicted octanol–water partition coefficient (Wildman–Crippen LogP) is 4.64. The summed E-state index contributed by atoms with van der Waals surface area (Å²) in [6.45, 7) is 4.40. The summed E-state index contributed by atoms with van der Waals surface area (Å²) in [5.41, 5.74) is 9.80. The van der Waals surface area contributed by atoms with Gasteiger partial charge in [-0.15, -0.1) is 0 Å². The molecular weight excluding hydrogens is 479 g/mol. The number of rotatable bonds is 7. The Morgan fingerprint density at radius 2 is 1.97 bits per heavy atom. The molecule has 0 spiro atoms. The molecule has 3 rings (SSSR count). The van der Waals surface area contributed by atoms with Crippen molar-refractivity contribution in [1.82, 2.24) is 9.97 Å². The number of nitrogens with two attached hydrogens (primary N) is 1. The van der Waals surface area contributed by atoms with E-state index in [4.69, 9.17) is 10.5 Å². The molecule has 0 unspecified atom stereocenters. The minimum atomic E-state index is -1.13. The highest BCUT2D eigenvalue weighted by Gasteiger charge is 2.17. The molecule has 7 heteroatoms. The van der Waals surface area contributed by atoms with E-state index in [1.54, 1.807) is 13.3 Å². The first-order valence-electron chi connectivity index (χ1n) is 9.38. The lowest BCUT2D eigenvalue weighted by Crippen LogP contribution is -2.15. The first-order valence-corrected chi connectivity index (χ1v) is 10.5.